The third-order valence-electron chi connectivity index (χ3n) is 2.13. The number of hydrogen-bond acceptors (Lipinski definition) is 2. The molecule has 1 N–H and O–H groups in total. The first-order chi connectivity index (χ1) is 8.65. The molecular weight excluding hydrogens is 289 g/mol. The molecule has 0 radical (unpaired) electrons. The van der Waals surface area contributed by atoms with Gasteiger partial charge >= 0.3 is 0 Å². The average Bonchev–Trinajstić information content (AvgIpc) is 2.35. The Morgan fingerprint density at radius 1 is 1.00 bits per heavy atom. The van der Waals surface area contributed by atoms with E-state index in [2.05, 4.69) is 5.32 Å². The van der Waals surface area contributed by atoms with Gasteiger partial charge in [0.05, 0.1) is 5.02 Å². The Hall–Kier alpha value is -1.16. The second-order valence-electron chi connectivity index (χ2n) is 3.45. The number of amides is 1. The van der Waals surface area contributed by atoms with Crippen molar-refractivity contribution >= 4 is 45.9 Å². The van der Waals surface area contributed by atoms with Gasteiger partial charge in [0.1, 0.15) is 0 Å². The monoisotopic (exact) mass is 297 g/mol. The van der Waals surface area contributed by atoms with E-state index in [0.29, 0.717) is 15.7 Å². The zero-order valence-corrected chi connectivity index (χ0v) is 11.5. The van der Waals surface area contributed by atoms with Crippen LogP contribution in [0.4, 0.5) is 10.5 Å². The number of anilines is 1. The molecule has 0 aliphatic rings. The summed E-state index contributed by atoms with van der Waals surface area (Å²) in [6.07, 6.45) is 0. The summed E-state index contributed by atoms with van der Waals surface area (Å²) in [4.78, 5) is 12.5. The van der Waals surface area contributed by atoms with Crippen molar-refractivity contribution in [1.29, 1.82) is 0 Å². The number of benzene rings is 2. The summed E-state index contributed by atoms with van der Waals surface area (Å²) in [6.45, 7) is 0. The fraction of sp³-hybridized carbons (Fsp3) is 0. The summed E-state index contributed by atoms with van der Waals surface area (Å²) in [5.41, 5.74) is 0.698. The molecule has 18 heavy (non-hydrogen) atoms. The molecule has 0 atom stereocenters. The molecule has 2 rings (SSSR count). The Bertz CT molecular complexity index is 557. The Labute approximate surface area is 119 Å². The van der Waals surface area contributed by atoms with E-state index >= 15 is 0 Å². The molecule has 5 heteroatoms. The van der Waals surface area contributed by atoms with Gasteiger partial charge in [-0.2, -0.15) is 0 Å². The fourth-order valence-electron chi connectivity index (χ4n) is 1.30. The van der Waals surface area contributed by atoms with Gasteiger partial charge in [0.15, 0.2) is 0 Å². The molecule has 0 aliphatic carbocycles. The number of carbonyl (C=O) groups excluding carboxylic acids is 1. The van der Waals surface area contributed by atoms with E-state index < -0.39 is 0 Å². The second kappa shape index (κ2) is 6.14. The molecule has 92 valence electrons. The van der Waals surface area contributed by atoms with Gasteiger partial charge < -0.3 is 5.32 Å². The van der Waals surface area contributed by atoms with E-state index in [1.807, 2.05) is 12.1 Å². The highest BCUT2D eigenvalue weighted by Crippen LogP contribution is 2.28. The molecule has 2 aromatic rings. The van der Waals surface area contributed by atoms with E-state index in [9.17, 15) is 4.79 Å². The third kappa shape index (κ3) is 3.67. The van der Waals surface area contributed by atoms with Crippen LogP contribution in [0.2, 0.25) is 10.0 Å². The summed E-state index contributed by atoms with van der Waals surface area (Å²) >= 11 is 12.8. The van der Waals surface area contributed by atoms with Gasteiger partial charge in [-0.1, -0.05) is 35.3 Å². The molecule has 0 aromatic heterocycles. The van der Waals surface area contributed by atoms with Crippen LogP contribution < -0.4 is 5.32 Å². The molecule has 0 aliphatic heterocycles. The van der Waals surface area contributed by atoms with Crippen LogP contribution in [0.3, 0.4) is 0 Å². The summed E-state index contributed by atoms with van der Waals surface area (Å²) in [6, 6.07) is 14.1. The molecule has 0 saturated heterocycles. The van der Waals surface area contributed by atoms with Gasteiger partial charge in [-0.15, -0.1) is 0 Å². The number of hydrogen-bond donors (Lipinski definition) is 1. The summed E-state index contributed by atoms with van der Waals surface area (Å²) in [5, 5.41) is 3.76. The molecule has 0 spiro atoms. The van der Waals surface area contributed by atoms with Crippen LogP contribution in [-0.2, 0) is 0 Å². The van der Waals surface area contributed by atoms with Crippen LogP contribution in [0.15, 0.2) is 53.4 Å². The van der Waals surface area contributed by atoms with E-state index in [0.717, 1.165) is 16.7 Å². The highest BCUT2D eigenvalue weighted by Gasteiger charge is 2.07. The molecule has 1 amide bonds. The molecular formula is C13H9Cl2NOS. The lowest BCUT2D eigenvalue weighted by Gasteiger charge is -2.05. The van der Waals surface area contributed by atoms with Gasteiger partial charge in [0.2, 0.25) is 0 Å². The van der Waals surface area contributed by atoms with Gasteiger partial charge in [-0.05, 0) is 48.2 Å². The summed E-state index contributed by atoms with van der Waals surface area (Å²) in [7, 11) is 0. The quantitative estimate of drug-likeness (QED) is 0.760. The van der Waals surface area contributed by atoms with Crippen LogP contribution in [0, 0.1) is 0 Å². The first-order valence-corrected chi connectivity index (χ1v) is 6.71. The van der Waals surface area contributed by atoms with Crippen LogP contribution >= 0.6 is 35.0 Å². The zero-order valence-electron chi connectivity index (χ0n) is 9.19. The molecule has 0 bridgehead atoms. The third-order valence-corrected chi connectivity index (χ3v) is 3.69. The predicted octanol–water partition coefficient (Wildman–Crippen LogP) is 5.32. The normalized spacial score (nSPS) is 10.1. The lowest BCUT2D eigenvalue weighted by Crippen LogP contribution is -2.04. The minimum absolute atomic E-state index is 0.189. The highest BCUT2D eigenvalue weighted by atomic mass is 35.5. The molecule has 0 heterocycles. The van der Waals surface area contributed by atoms with E-state index in [4.69, 9.17) is 23.2 Å². The smallest absolute Gasteiger partial charge is 0.288 e. The van der Waals surface area contributed by atoms with E-state index in [-0.39, 0.29) is 5.24 Å². The predicted molar refractivity (Wildman–Crippen MR) is 77.8 cm³/mol. The van der Waals surface area contributed by atoms with Crippen molar-refractivity contribution in [3.05, 3.63) is 58.6 Å². The maximum absolute atomic E-state index is 11.8. The Morgan fingerprint density at radius 3 is 2.33 bits per heavy atom. The van der Waals surface area contributed by atoms with Crippen molar-refractivity contribution in [2.24, 2.45) is 0 Å². The number of thioether (sulfide) groups is 1. The van der Waals surface area contributed by atoms with Crippen LogP contribution in [0.5, 0.6) is 0 Å². The standard InChI is InChI=1S/C13H9Cl2NOS/c14-9-5-7-10(8-6-9)16-13(17)18-12-4-2-1-3-11(12)15/h1-8H,(H,16,17). The number of halogens is 2. The zero-order chi connectivity index (χ0) is 13.0. The Balaban J connectivity index is 2.01. The number of rotatable bonds is 2. The minimum atomic E-state index is -0.189. The van der Waals surface area contributed by atoms with Crippen LogP contribution in [-0.4, -0.2) is 5.24 Å². The molecule has 2 aromatic carbocycles. The van der Waals surface area contributed by atoms with Gasteiger partial charge in [-0.3, -0.25) is 4.79 Å². The van der Waals surface area contributed by atoms with Crippen molar-refractivity contribution in [2.45, 2.75) is 4.90 Å². The van der Waals surface area contributed by atoms with Crippen LogP contribution in [0.25, 0.3) is 0 Å². The van der Waals surface area contributed by atoms with Crippen LogP contribution in [0.1, 0.15) is 0 Å². The van der Waals surface area contributed by atoms with Crippen molar-refractivity contribution in [3.63, 3.8) is 0 Å². The van der Waals surface area contributed by atoms with Gasteiger partial charge in [0, 0.05) is 15.6 Å². The summed E-state index contributed by atoms with van der Waals surface area (Å²) < 4.78 is 0. The summed E-state index contributed by atoms with van der Waals surface area (Å²) in [5.74, 6) is 0. The van der Waals surface area contributed by atoms with Crippen molar-refractivity contribution in [3.8, 4) is 0 Å². The average molecular weight is 298 g/mol. The lowest BCUT2D eigenvalue weighted by molar-refractivity contribution is 0.270. The largest absolute Gasteiger partial charge is 0.317 e. The number of carbonyl (C=O) groups is 1. The number of nitrogens with one attached hydrogen (secondary N) is 1. The molecule has 0 fully saturated rings. The first-order valence-electron chi connectivity index (χ1n) is 5.14. The molecule has 2 nitrogen and oxygen atoms in total. The topological polar surface area (TPSA) is 29.1 Å². The van der Waals surface area contributed by atoms with Crippen molar-refractivity contribution in [1.82, 2.24) is 0 Å². The molecule has 0 unspecified atom stereocenters. The maximum atomic E-state index is 11.8. The highest BCUT2D eigenvalue weighted by molar-refractivity contribution is 8.14. The Morgan fingerprint density at radius 2 is 1.67 bits per heavy atom. The molecule has 0 saturated carbocycles. The van der Waals surface area contributed by atoms with E-state index in [1.54, 1.807) is 36.4 Å². The first kappa shape index (κ1) is 13.3. The minimum Gasteiger partial charge on any atom is -0.317 e. The van der Waals surface area contributed by atoms with Gasteiger partial charge in [-0.25, -0.2) is 0 Å². The Kier molecular flexibility index (Phi) is 4.53. The maximum Gasteiger partial charge on any atom is 0.288 e. The SMILES string of the molecule is O=C(Nc1ccc(Cl)cc1)Sc1ccccc1Cl. The second-order valence-corrected chi connectivity index (χ2v) is 5.31. The fourth-order valence-corrected chi connectivity index (χ4v) is 2.36. The lowest BCUT2D eigenvalue weighted by atomic mass is 10.3. The van der Waals surface area contributed by atoms with Gasteiger partial charge in [0.25, 0.3) is 5.24 Å². The van der Waals surface area contributed by atoms with E-state index in [1.165, 1.54) is 0 Å². The van der Waals surface area contributed by atoms with Crippen molar-refractivity contribution < 1.29 is 4.79 Å². The van der Waals surface area contributed by atoms with Crippen molar-refractivity contribution in [2.75, 3.05) is 5.32 Å².